The minimum absolute atomic E-state index is 0.0993. The minimum atomic E-state index is -0.805. The average Bonchev–Trinajstić information content (AvgIpc) is 3.13. The number of aliphatic hydroxyl groups is 1. The van der Waals surface area contributed by atoms with Crippen LogP contribution in [0.4, 0.5) is 11.4 Å². The summed E-state index contributed by atoms with van der Waals surface area (Å²) in [5, 5.41) is 14.9. The third-order valence-corrected chi connectivity index (χ3v) is 8.57. The van der Waals surface area contributed by atoms with E-state index in [1.807, 2.05) is 48.5 Å². The normalized spacial score (nSPS) is 13.4. The zero-order valence-corrected chi connectivity index (χ0v) is 27.9. The van der Waals surface area contributed by atoms with Crippen molar-refractivity contribution in [1.82, 2.24) is 9.88 Å². The van der Waals surface area contributed by atoms with Crippen LogP contribution in [0.25, 0.3) is 10.9 Å². The van der Waals surface area contributed by atoms with Gasteiger partial charge in [-0.3, -0.25) is 24.3 Å². The first-order valence-corrected chi connectivity index (χ1v) is 16.3. The van der Waals surface area contributed by atoms with Crippen LogP contribution in [-0.4, -0.2) is 66.8 Å². The van der Waals surface area contributed by atoms with Crippen molar-refractivity contribution in [3.8, 4) is 11.5 Å². The molecule has 5 aromatic rings. The van der Waals surface area contributed by atoms with E-state index in [-0.39, 0.29) is 12.2 Å². The Labute approximate surface area is 285 Å². The second-order valence-corrected chi connectivity index (χ2v) is 12.1. The van der Waals surface area contributed by atoms with E-state index in [0.29, 0.717) is 16.9 Å². The molecule has 1 unspecified atom stereocenters. The monoisotopic (exact) mass is 660 g/mol. The molecule has 2 heterocycles. The van der Waals surface area contributed by atoms with E-state index >= 15 is 0 Å². The van der Waals surface area contributed by atoms with E-state index in [1.54, 1.807) is 51.5 Å². The number of hydroxylamine groups is 1. The summed E-state index contributed by atoms with van der Waals surface area (Å²) in [6, 6.07) is 27.8. The number of nitrogens with zero attached hydrogens (tertiary/aromatic N) is 3. The maximum Gasteiger partial charge on any atom is 0.284 e. The number of carbonyl (C=O) groups excluding carboxylic acids is 2. The van der Waals surface area contributed by atoms with Crippen LogP contribution >= 0.6 is 0 Å². The summed E-state index contributed by atoms with van der Waals surface area (Å²) in [4.78, 5) is 39.9. The number of nitrogens with one attached hydrogen (secondary N) is 1. The molecule has 6 rings (SSSR count). The van der Waals surface area contributed by atoms with Crippen molar-refractivity contribution < 1.29 is 29.0 Å². The fourth-order valence-corrected chi connectivity index (χ4v) is 5.93. The average molecular weight is 661 g/mol. The predicted molar refractivity (Wildman–Crippen MR) is 189 cm³/mol. The molecule has 0 saturated heterocycles. The standard InChI is InChI=1S/C39H40N4O6/c1-26(44)25-49-43(39(46)33-9-5-7-11-35(33)41-38(45)30-20-29-8-4-6-10-34(29)40-23-30)32-14-12-27(13-15-32)16-18-42-19-17-28-21-36(47-2)37(48-3)22-31(28)24-42/h4-15,20-23,26,44H,16-19,24-25H2,1-3H3,(H,41,45). The van der Waals surface area contributed by atoms with Gasteiger partial charge in [0.2, 0.25) is 0 Å². The van der Waals surface area contributed by atoms with Crippen LogP contribution < -0.4 is 19.9 Å². The second kappa shape index (κ2) is 15.3. The number of hydrogen-bond acceptors (Lipinski definition) is 8. The predicted octanol–water partition coefficient (Wildman–Crippen LogP) is 6.06. The molecule has 49 heavy (non-hydrogen) atoms. The number of pyridine rings is 1. The summed E-state index contributed by atoms with van der Waals surface area (Å²) < 4.78 is 11.0. The van der Waals surface area contributed by atoms with E-state index in [4.69, 9.17) is 14.3 Å². The number of anilines is 2. The van der Waals surface area contributed by atoms with Gasteiger partial charge >= 0.3 is 0 Å². The molecule has 1 atom stereocenters. The van der Waals surface area contributed by atoms with Crippen LogP contribution in [0.3, 0.4) is 0 Å². The summed E-state index contributed by atoms with van der Waals surface area (Å²) in [5.41, 5.74) is 5.86. The van der Waals surface area contributed by atoms with Crippen LogP contribution in [0.1, 0.15) is 44.3 Å². The number of aliphatic hydroxyl groups excluding tert-OH is 1. The molecular weight excluding hydrogens is 620 g/mol. The van der Waals surface area contributed by atoms with Crippen LogP contribution in [0.15, 0.2) is 97.2 Å². The molecule has 1 aliphatic heterocycles. The Bertz CT molecular complexity index is 1940. The highest BCUT2D eigenvalue weighted by Crippen LogP contribution is 2.33. The van der Waals surface area contributed by atoms with Gasteiger partial charge in [0, 0.05) is 31.2 Å². The Morgan fingerprint density at radius 3 is 2.41 bits per heavy atom. The number of ether oxygens (including phenoxy) is 2. The molecule has 2 amide bonds. The molecule has 0 spiro atoms. The Morgan fingerprint density at radius 1 is 0.939 bits per heavy atom. The fourth-order valence-electron chi connectivity index (χ4n) is 5.93. The molecule has 2 N–H and O–H groups in total. The third kappa shape index (κ3) is 7.89. The molecule has 0 radical (unpaired) electrons. The number of methoxy groups -OCH3 is 2. The number of amides is 2. The number of aromatic nitrogens is 1. The lowest BCUT2D eigenvalue weighted by Gasteiger charge is -2.29. The molecular formula is C39H40N4O6. The molecule has 10 heteroatoms. The number of hydrogen-bond donors (Lipinski definition) is 2. The van der Waals surface area contributed by atoms with Crippen LogP contribution in [0.2, 0.25) is 0 Å². The summed E-state index contributed by atoms with van der Waals surface area (Å²) in [5.74, 6) is 0.615. The molecule has 1 aromatic heterocycles. The van der Waals surface area contributed by atoms with Gasteiger partial charge in [0.05, 0.1) is 48.3 Å². The molecule has 0 saturated carbocycles. The van der Waals surface area contributed by atoms with Crippen molar-refractivity contribution in [2.75, 3.05) is 44.3 Å². The van der Waals surface area contributed by atoms with E-state index in [0.717, 1.165) is 60.4 Å². The van der Waals surface area contributed by atoms with Gasteiger partial charge in [0.1, 0.15) is 6.61 Å². The van der Waals surface area contributed by atoms with Crippen molar-refractivity contribution in [1.29, 1.82) is 0 Å². The first-order chi connectivity index (χ1) is 23.8. The first-order valence-electron chi connectivity index (χ1n) is 16.3. The number of benzene rings is 4. The quantitative estimate of drug-likeness (QED) is 0.155. The van der Waals surface area contributed by atoms with Gasteiger partial charge in [0.25, 0.3) is 11.8 Å². The van der Waals surface area contributed by atoms with Crippen molar-refractivity contribution in [2.45, 2.75) is 32.4 Å². The largest absolute Gasteiger partial charge is 0.493 e. The second-order valence-electron chi connectivity index (χ2n) is 12.1. The maximum atomic E-state index is 14.0. The fraction of sp³-hybridized carbons (Fsp3) is 0.256. The van der Waals surface area contributed by atoms with Crippen LogP contribution in [0.5, 0.6) is 11.5 Å². The van der Waals surface area contributed by atoms with Crippen molar-refractivity contribution in [3.63, 3.8) is 0 Å². The van der Waals surface area contributed by atoms with Gasteiger partial charge in [-0.15, -0.1) is 0 Å². The Morgan fingerprint density at radius 2 is 1.65 bits per heavy atom. The highest BCUT2D eigenvalue weighted by Gasteiger charge is 2.24. The van der Waals surface area contributed by atoms with Crippen molar-refractivity contribution in [3.05, 3.63) is 125 Å². The van der Waals surface area contributed by atoms with Gasteiger partial charge in [-0.05, 0) is 85.0 Å². The first kappa shape index (κ1) is 33.6. The van der Waals surface area contributed by atoms with E-state index in [2.05, 4.69) is 27.3 Å². The summed E-state index contributed by atoms with van der Waals surface area (Å²) >= 11 is 0. The molecule has 0 fully saturated rings. The Hall–Kier alpha value is -5.29. The third-order valence-electron chi connectivity index (χ3n) is 8.57. The SMILES string of the molecule is COc1cc2c(cc1OC)CN(CCc1ccc(N(OCC(C)O)C(=O)c3ccccc3NC(=O)c3cnc4ccccc4c3)cc1)CC2. The van der Waals surface area contributed by atoms with Gasteiger partial charge < -0.3 is 19.9 Å². The smallest absolute Gasteiger partial charge is 0.284 e. The van der Waals surface area contributed by atoms with Gasteiger partial charge in [-0.2, -0.15) is 5.06 Å². The van der Waals surface area contributed by atoms with E-state index in [1.165, 1.54) is 22.4 Å². The highest BCUT2D eigenvalue weighted by molar-refractivity contribution is 6.13. The number of rotatable bonds is 12. The summed E-state index contributed by atoms with van der Waals surface area (Å²) in [6.07, 6.45) is 2.47. The van der Waals surface area contributed by atoms with E-state index in [9.17, 15) is 14.7 Å². The lowest BCUT2D eigenvalue weighted by Crippen LogP contribution is -2.34. The Balaban J connectivity index is 1.15. The number of carbonyl (C=O) groups is 2. The molecule has 252 valence electrons. The molecule has 10 nitrogen and oxygen atoms in total. The van der Waals surface area contributed by atoms with Gasteiger partial charge in [0.15, 0.2) is 11.5 Å². The zero-order chi connectivity index (χ0) is 34.3. The maximum absolute atomic E-state index is 14.0. The summed E-state index contributed by atoms with van der Waals surface area (Å²) in [6.45, 7) is 4.13. The van der Waals surface area contributed by atoms with Gasteiger partial charge in [-0.1, -0.05) is 42.5 Å². The topological polar surface area (TPSA) is 113 Å². The number of para-hydroxylation sites is 2. The Kier molecular flexibility index (Phi) is 10.5. The van der Waals surface area contributed by atoms with Crippen LogP contribution in [0, 0.1) is 0 Å². The van der Waals surface area contributed by atoms with E-state index < -0.39 is 17.9 Å². The molecule has 0 bridgehead atoms. The van der Waals surface area contributed by atoms with Crippen molar-refractivity contribution >= 4 is 34.1 Å². The van der Waals surface area contributed by atoms with Crippen LogP contribution in [-0.2, 0) is 24.2 Å². The lowest BCUT2D eigenvalue weighted by atomic mass is 9.98. The minimum Gasteiger partial charge on any atom is -0.493 e. The summed E-state index contributed by atoms with van der Waals surface area (Å²) in [7, 11) is 3.31. The molecule has 4 aromatic carbocycles. The van der Waals surface area contributed by atoms with Gasteiger partial charge in [-0.25, -0.2) is 0 Å². The molecule has 1 aliphatic rings. The number of fused-ring (bicyclic) bond motifs is 2. The zero-order valence-electron chi connectivity index (χ0n) is 27.9. The molecule has 0 aliphatic carbocycles. The lowest BCUT2D eigenvalue weighted by molar-refractivity contribution is 0.0282. The van der Waals surface area contributed by atoms with Crippen molar-refractivity contribution in [2.24, 2.45) is 0 Å². The highest BCUT2D eigenvalue weighted by atomic mass is 16.7.